The first kappa shape index (κ1) is 11.0. The summed E-state index contributed by atoms with van der Waals surface area (Å²) < 4.78 is 0. The Hall–Kier alpha value is -1.51. The molecule has 2 rings (SSSR count). The van der Waals surface area contributed by atoms with Crippen molar-refractivity contribution in [3.8, 4) is 0 Å². The van der Waals surface area contributed by atoms with Crippen molar-refractivity contribution in [1.82, 2.24) is 0 Å². The third-order valence-electron chi connectivity index (χ3n) is 3.59. The third-order valence-corrected chi connectivity index (χ3v) is 3.59. The maximum atomic E-state index is 11.5. The summed E-state index contributed by atoms with van der Waals surface area (Å²) in [5.74, 6) is -0.313. The van der Waals surface area contributed by atoms with Crippen LogP contribution in [0, 0.1) is 20.8 Å². The summed E-state index contributed by atoms with van der Waals surface area (Å²) in [6, 6.07) is 0. The van der Waals surface area contributed by atoms with Gasteiger partial charge in [0.1, 0.15) is 0 Å². The average molecular weight is 218 g/mol. The van der Waals surface area contributed by atoms with Crippen LogP contribution in [0.15, 0.2) is 0 Å². The van der Waals surface area contributed by atoms with Crippen LogP contribution in [-0.2, 0) is 6.42 Å². The van der Waals surface area contributed by atoms with Gasteiger partial charge in [0.25, 0.3) is 0 Å². The van der Waals surface area contributed by atoms with Crippen LogP contribution < -0.4 is 11.1 Å². The molecule has 0 atom stereocenters. The lowest BCUT2D eigenvalue weighted by Crippen LogP contribution is -2.21. The highest BCUT2D eigenvalue weighted by Gasteiger charge is 2.21. The second kappa shape index (κ2) is 3.81. The molecule has 3 heteroatoms. The molecule has 0 radical (unpaired) electrons. The first-order valence-corrected chi connectivity index (χ1v) is 5.70. The zero-order chi connectivity index (χ0) is 11.9. The molecule has 1 amide bonds. The molecular weight excluding hydrogens is 200 g/mol. The largest absolute Gasteiger partial charge is 0.385 e. The molecule has 0 aliphatic carbocycles. The maximum Gasteiger partial charge on any atom is 0.249 e. The fraction of sp³-hybridized carbons (Fsp3) is 0.462. The van der Waals surface area contributed by atoms with Crippen molar-refractivity contribution in [2.24, 2.45) is 5.73 Å². The van der Waals surface area contributed by atoms with Gasteiger partial charge in [-0.1, -0.05) is 0 Å². The summed E-state index contributed by atoms with van der Waals surface area (Å²) in [5.41, 5.74) is 11.9. The molecule has 0 bridgehead atoms. The molecule has 0 saturated carbocycles. The van der Waals surface area contributed by atoms with E-state index in [1.807, 2.05) is 13.8 Å². The molecule has 0 saturated heterocycles. The molecule has 1 heterocycles. The van der Waals surface area contributed by atoms with Crippen LogP contribution in [-0.4, -0.2) is 12.5 Å². The summed E-state index contributed by atoms with van der Waals surface area (Å²) >= 11 is 0. The van der Waals surface area contributed by atoms with Gasteiger partial charge in [-0.05, 0) is 55.9 Å². The first-order chi connectivity index (χ1) is 7.54. The Morgan fingerprint density at radius 1 is 1.19 bits per heavy atom. The van der Waals surface area contributed by atoms with Crippen LogP contribution >= 0.6 is 0 Å². The van der Waals surface area contributed by atoms with Crippen molar-refractivity contribution < 1.29 is 4.79 Å². The number of benzene rings is 1. The van der Waals surface area contributed by atoms with Crippen molar-refractivity contribution in [2.75, 3.05) is 11.9 Å². The minimum Gasteiger partial charge on any atom is -0.385 e. The standard InChI is InChI=1S/C13H18N2O/c1-7-8(2)12-10(5-4-6-15-12)9(3)11(7)13(14)16/h15H,4-6H2,1-3H3,(H2,14,16). The lowest BCUT2D eigenvalue weighted by Gasteiger charge is -2.25. The Morgan fingerprint density at radius 3 is 2.50 bits per heavy atom. The number of fused-ring (bicyclic) bond motifs is 1. The third kappa shape index (κ3) is 1.47. The molecule has 86 valence electrons. The highest BCUT2D eigenvalue weighted by atomic mass is 16.1. The van der Waals surface area contributed by atoms with Gasteiger partial charge in [-0.2, -0.15) is 0 Å². The number of rotatable bonds is 1. The van der Waals surface area contributed by atoms with E-state index in [9.17, 15) is 4.79 Å². The Kier molecular flexibility index (Phi) is 2.62. The fourth-order valence-electron chi connectivity index (χ4n) is 2.62. The highest BCUT2D eigenvalue weighted by molar-refractivity contribution is 5.97. The Morgan fingerprint density at radius 2 is 1.88 bits per heavy atom. The molecule has 16 heavy (non-hydrogen) atoms. The molecule has 0 unspecified atom stereocenters. The number of primary amides is 1. The van der Waals surface area contributed by atoms with E-state index >= 15 is 0 Å². The van der Waals surface area contributed by atoms with Crippen LogP contribution in [0.5, 0.6) is 0 Å². The average Bonchev–Trinajstić information content (AvgIpc) is 2.26. The van der Waals surface area contributed by atoms with E-state index < -0.39 is 0 Å². The van der Waals surface area contributed by atoms with Crippen molar-refractivity contribution in [2.45, 2.75) is 33.6 Å². The predicted molar refractivity (Wildman–Crippen MR) is 66.0 cm³/mol. The van der Waals surface area contributed by atoms with E-state index in [1.54, 1.807) is 0 Å². The van der Waals surface area contributed by atoms with Crippen LogP contribution in [0.2, 0.25) is 0 Å². The molecule has 1 aromatic rings. The van der Waals surface area contributed by atoms with Gasteiger partial charge in [-0.15, -0.1) is 0 Å². The van der Waals surface area contributed by atoms with E-state index in [4.69, 9.17) is 5.73 Å². The molecule has 0 fully saturated rings. The van der Waals surface area contributed by atoms with E-state index in [0.717, 1.165) is 36.1 Å². The molecule has 1 aliphatic heterocycles. The van der Waals surface area contributed by atoms with Crippen LogP contribution in [0.25, 0.3) is 0 Å². The van der Waals surface area contributed by atoms with Crippen molar-refractivity contribution in [3.63, 3.8) is 0 Å². The van der Waals surface area contributed by atoms with Gasteiger partial charge < -0.3 is 11.1 Å². The predicted octanol–water partition coefficient (Wildman–Crippen LogP) is 2.07. The minimum atomic E-state index is -0.313. The molecule has 0 aromatic heterocycles. The van der Waals surface area contributed by atoms with E-state index in [1.165, 1.54) is 11.3 Å². The number of nitrogens with one attached hydrogen (secondary N) is 1. The topological polar surface area (TPSA) is 55.1 Å². The SMILES string of the molecule is Cc1c(C)c(C(N)=O)c(C)c2c1NCCC2. The summed E-state index contributed by atoms with van der Waals surface area (Å²) in [4.78, 5) is 11.5. The number of hydrogen-bond donors (Lipinski definition) is 2. The highest BCUT2D eigenvalue weighted by Crippen LogP contribution is 2.33. The van der Waals surface area contributed by atoms with Crippen molar-refractivity contribution >= 4 is 11.6 Å². The Labute approximate surface area is 96.0 Å². The number of carbonyl (C=O) groups is 1. The van der Waals surface area contributed by atoms with Gasteiger partial charge in [-0.3, -0.25) is 4.79 Å². The number of amides is 1. The van der Waals surface area contributed by atoms with Gasteiger partial charge in [0.05, 0.1) is 0 Å². The van der Waals surface area contributed by atoms with Gasteiger partial charge in [0.2, 0.25) is 5.91 Å². The number of hydrogen-bond acceptors (Lipinski definition) is 2. The lowest BCUT2D eigenvalue weighted by molar-refractivity contribution is 0.0999. The Balaban J connectivity index is 2.75. The van der Waals surface area contributed by atoms with Gasteiger partial charge in [0.15, 0.2) is 0 Å². The smallest absolute Gasteiger partial charge is 0.249 e. The van der Waals surface area contributed by atoms with Gasteiger partial charge in [-0.25, -0.2) is 0 Å². The van der Waals surface area contributed by atoms with Gasteiger partial charge >= 0.3 is 0 Å². The molecule has 0 spiro atoms. The molecule has 3 N–H and O–H groups in total. The normalized spacial score (nSPS) is 14.2. The quantitative estimate of drug-likeness (QED) is 0.758. The van der Waals surface area contributed by atoms with E-state index in [-0.39, 0.29) is 5.91 Å². The molecular formula is C13H18N2O. The molecule has 1 aliphatic rings. The summed E-state index contributed by atoms with van der Waals surface area (Å²) in [5, 5.41) is 3.43. The van der Waals surface area contributed by atoms with Crippen LogP contribution in [0.3, 0.4) is 0 Å². The fourth-order valence-corrected chi connectivity index (χ4v) is 2.62. The van der Waals surface area contributed by atoms with Crippen molar-refractivity contribution in [1.29, 1.82) is 0 Å². The van der Waals surface area contributed by atoms with E-state index in [2.05, 4.69) is 12.2 Å². The number of anilines is 1. The van der Waals surface area contributed by atoms with Gasteiger partial charge in [0, 0.05) is 17.8 Å². The number of nitrogens with two attached hydrogens (primary N) is 1. The van der Waals surface area contributed by atoms with E-state index in [0.29, 0.717) is 5.56 Å². The number of carbonyl (C=O) groups excluding carboxylic acids is 1. The summed E-state index contributed by atoms with van der Waals surface area (Å²) in [6.45, 7) is 7.04. The second-order valence-electron chi connectivity index (χ2n) is 4.50. The first-order valence-electron chi connectivity index (χ1n) is 5.70. The maximum absolute atomic E-state index is 11.5. The summed E-state index contributed by atoms with van der Waals surface area (Å²) in [7, 11) is 0. The molecule has 3 nitrogen and oxygen atoms in total. The molecule has 1 aromatic carbocycles. The van der Waals surface area contributed by atoms with Crippen LogP contribution in [0.4, 0.5) is 5.69 Å². The Bertz CT molecular complexity index is 464. The minimum absolute atomic E-state index is 0.313. The van der Waals surface area contributed by atoms with Crippen LogP contribution in [0.1, 0.15) is 39.0 Å². The second-order valence-corrected chi connectivity index (χ2v) is 4.50. The monoisotopic (exact) mass is 218 g/mol. The zero-order valence-corrected chi connectivity index (χ0v) is 10.1. The lowest BCUT2D eigenvalue weighted by atomic mass is 9.87. The zero-order valence-electron chi connectivity index (χ0n) is 10.1. The summed E-state index contributed by atoms with van der Waals surface area (Å²) in [6.07, 6.45) is 2.16. The van der Waals surface area contributed by atoms with Crippen molar-refractivity contribution in [3.05, 3.63) is 27.8 Å².